The molecule has 0 atom stereocenters. The molecular formula is C21H18F2N6O2S. The molecule has 2 aromatic heterocycles. The average molecular weight is 456 g/mol. The van der Waals surface area contributed by atoms with Crippen molar-refractivity contribution in [3.8, 4) is 5.82 Å². The van der Waals surface area contributed by atoms with Crippen LogP contribution in [0.3, 0.4) is 0 Å². The van der Waals surface area contributed by atoms with Crippen LogP contribution in [0.5, 0.6) is 0 Å². The van der Waals surface area contributed by atoms with Gasteiger partial charge in [0.05, 0.1) is 10.6 Å². The molecule has 2 heterocycles. The van der Waals surface area contributed by atoms with Crippen LogP contribution in [0, 0.1) is 25.5 Å². The number of aromatic nitrogens is 4. The summed E-state index contributed by atoms with van der Waals surface area (Å²) in [5.74, 6) is -0.886. The van der Waals surface area contributed by atoms with Gasteiger partial charge in [0.15, 0.2) is 11.6 Å². The Morgan fingerprint density at radius 1 is 0.844 bits per heavy atom. The summed E-state index contributed by atoms with van der Waals surface area (Å²) < 4.78 is 55.4. The van der Waals surface area contributed by atoms with Crippen molar-refractivity contribution in [1.29, 1.82) is 0 Å². The summed E-state index contributed by atoms with van der Waals surface area (Å²) in [5.41, 5.74) is 2.69. The van der Waals surface area contributed by atoms with Crippen LogP contribution >= 0.6 is 0 Å². The summed E-state index contributed by atoms with van der Waals surface area (Å²) in [6, 6.07) is 13.8. The molecule has 0 aliphatic rings. The minimum atomic E-state index is -4.14. The molecular weight excluding hydrogens is 438 g/mol. The molecule has 164 valence electrons. The SMILES string of the molecule is Cc1cc(C)n(-c2ccc(Nc3ccc(NS(=O)(=O)c4cc(F)cc(F)c4)cc3)nn2)n1. The van der Waals surface area contributed by atoms with Gasteiger partial charge in [0.1, 0.15) is 11.6 Å². The Balaban J connectivity index is 1.45. The molecule has 0 saturated heterocycles. The van der Waals surface area contributed by atoms with Crippen molar-refractivity contribution in [1.82, 2.24) is 20.0 Å². The maximum absolute atomic E-state index is 13.3. The van der Waals surface area contributed by atoms with E-state index in [0.717, 1.165) is 23.5 Å². The van der Waals surface area contributed by atoms with E-state index in [1.807, 2.05) is 19.9 Å². The van der Waals surface area contributed by atoms with Gasteiger partial charge in [0.2, 0.25) is 0 Å². The van der Waals surface area contributed by atoms with Gasteiger partial charge in [-0.1, -0.05) is 0 Å². The van der Waals surface area contributed by atoms with Crippen molar-refractivity contribution >= 4 is 27.2 Å². The molecule has 4 rings (SSSR count). The lowest BCUT2D eigenvalue weighted by Crippen LogP contribution is -2.13. The van der Waals surface area contributed by atoms with Crippen molar-refractivity contribution in [2.75, 3.05) is 10.0 Å². The van der Waals surface area contributed by atoms with Crippen molar-refractivity contribution in [3.63, 3.8) is 0 Å². The number of benzene rings is 2. The third-order valence-electron chi connectivity index (χ3n) is 4.43. The average Bonchev–Trinajstić information content (AvgIpc) is 3.07. The normalized spacial score (nSPS) is 11.4. The molecule has 11 heteroatoms. The third-order valence-corrected chi connectivity index (χ3v) is 5.79. The quantitative estimate of drug-likeness (QED) is 0.453. The van der Waals surface area contributed by atoms with Crippen LogP contribution in [-0.2, 0) is 10.0 Å². The van der Waals surface area contributed by atoms with Gasteiger partial charge in [-0.3, -0.25) is 4.72 Å². The Hall–Kier alpha value is -3.86. The van der Waals surface area contributed by atoms with E-state index in [-0.39, 0.29) is 5.69 Å². The first kappa shape index (κ1) is 21.4. The van der Waals surface area contributed by atoms with E-state index >= 15 is 0 Å². The van der Waals surface area contributed by atoms with Crippen LogP contribution in [0.25, 0.3) is 5.82 Å². The fourth-order valence-electron chi connectivity index (χ4n) is 3.03. The Morgan fingerprint density at radius 3 is 2.06 bits per heavy atom. The lowest BCUT2D eigenvalue weighted by molar-refractivity contribution is 0.568. The molecule has 8 nitrogen and oxygen atoms in total. The molecule has 0 bridgehead atoms. The number of nitrogens with one attached hydrogen (secondary N) is 2. The van der Waals surface area contributed by atoms with Gasteiger partial charge in [0, 0.05) is 23.1 Å². The highest BCUT2D eigenvalue weighted by atomic mass is 32.2. The summed E-state index contributed by atoms with van der Waals surface area (Å²) in [6.07, 6.45) is 0. The topological polar surface area (TPSA) is 102 Å². The minimum Gasteiger partial charge on any atom is -0.339 e. The van der Waals surface area contributed by atoms with Crippen LogP contribution < -0.4 is 10.0 Å². The van der Waals surface area contributed by atoms with Gasteiger partial charge < -0.3 is 5.32 Å². The Bertz CT molecular complexity index is 1350. The van der Waals surface area contributed by atoms with Crippen molar-refractivity contribution in [3.05, 3.63) is 83.7 Å². The lowest BCUT2D eigenvalue weighted by atomic mass is 10.3. The zero-order chi connectivity index (χ0) is 22.9. The van der Waals surface area contributed by atoms with E-state index < -0.39 is 26.6 Å². The first-order valence-corrected chi connectivity index (χ1v) is 10.9. The van der Waals surface area contributed by atoms with Gasteiger partial charge in [-0.05, 0) is 68.4 Å². The molecule has 2 aromatic carbocycles. The Morgan fingerprint density at radius 2 is 1.50 bits per heavy atom. The van der Waals surface area contributed by atoms with Gasteiger partial charge >= 0.3 is 0 Å². The number of hydrogen-bond donors (Lipinski definition) is 2. The first-order valence-electron chi connectivity index (χ1n) is 9.43. The zero-order valence-electron chi connectivity index (χ0n) is 17.0. The smallest absolute Gasteiger partial charge is 0.262 e. The summed E-state index contributed by atoms with van der Waals surface area (Å²) in [7, 11) is -4.14. The fourth-order valence-corrected chi connectivity index (χ4v) is 4.13. The zero-order valence-corrected chi connectivity index (χ0v) is 17.9. The highest BCUT2D eigenvalue weighted by molar-refractivity contribution is 7.92. The molecule has 0 radical (unpaired) electrons. The molecule has 0 aliphatic carbocycles. The van der Waals surface area contributed by atoms with Crippen LogP contribution in [0.4, 0.5) is 26.0 Å². The molecule has 0 fully saturated rings. The van der Waals surface area contributed by atoms with Gasteiger partial charge in [-0.2, -0.15) is 5.10 Å². The molecule has 2 N–H and O–H groups in total. The van der Waals surface area contributed by atoms with Gasteiger partial charge in [-0.15, -0.1) is 10.2 Å². The highest BCUT2D eigenvalue weighted by Crippen LogP contribution is 2.21. The number of sulfonamides is 1. The van der Waals surface area contributed by atoms with E-state index in [0.29, 0.717) is 23.4 Å². The summed E-state index contributed by atoms with van der Waals surface area (Å²) in [6.45, 7) is 3.82. The predicted molar refractivity (Wildman–Crippen MR) is 116 cm³/mol. The molecule has 4 aromatic rings. The standard InChI is InChI=1S/C21H18F2N6O2S/c1-13-9-14(2)29(27-13)21-8-7-20(25-26-21)24-17-3-5-18(6-4-17)28-32(30,31)19-11-15(22)10-16(23)12-19/h3-12,28H,1-2H3,(H,24,25). The van der Waals surface area contributed by atoms with Crippen molar-refractivity contribution in [2.24, 2.45) is 0 Å². The summed E-state index contributed by atoms with van der Waals surface area (Å²) >= 11 is 0. The maximum Gasteiger partial charge on any atom is 0.262 e. The number of nitrogens with zero attached hydrogens (tertiary/aromatic N) is 4. The van der Waals surface area contributed by atoms with E-state index in [1.165, 1.54) is 12.1 Å². The van der Waals surface area contributed by atoms with Gasteiger partial charge in [-0.25, -0.2) is 21.9 Å². The predicted octanol–water partition coefficient (Wildman–Crippen LogP) is 4.10. The Kier molecular flexibility index (Phi) is 5.57. The second-order valence-electron chi connectivity index (χ2n) is 7.03. The number of rotatable bonds is 6. The Labute approximate surface area is 183 Å². The minimum absolute atomic E-state index is 0.228. The van der Waals surface area contributed by atoms with Crippen LogP contribution in [0.2, 0.25) is 0 Å². The molecule has 0 unspecified atom stereocenters. The summed E-state index contributed by atoms with van der Waals surface area (Å²) in [5, 5.41) is 15.7. The van der Waals surface area contributed by atoms with E-state index in [2.05, 4.69) is 25.3 Å². The van der Waals surface area contributed by atoms with Crippen molar-refractivity contribution < 1.29 is 17.2 Å². The van der Waals surface area contributed by atoms with Crippen LogP contribution in [-0.4, -0.2) is 28.4 Å². The number of hydrogen-bond acceptors (Lipinski definition) is 6. The molecule has 0 amide bonds. The van der Waals surface area contributed by atoms with Crippen molar-refractivity contribution in [2.45, 2.75) is 18.7 Å². The van der Waals surface area contributed by atoms with E-state index in [1.54, 1.807) is 28.9 Å². The number of halogens is 2. The molecule has 0 aliphatic heterocycles. The third kappa shape index (κ3) is 4.72. The van der Waals surface area contributed by atoms with E-state index in [4.69, 9.17) is 0 Å². The maximum atomic E-state index is 13.3. The molecule has 0 spiro atoms. The highest BCUT2D eigenvalue weighted by Gasteiger charge is 2.16. The second-order valence-corrected chi connectivity index (χ2v) is 8.71. The van der Waals surface area contributed by atoms with Gasteiger partial charge in [0.25, 0.3) is 10.0 Å². The molecule has 0 saturated carbocycles. The lowest BCUT2D eigenvalue weighted by Gasteiger charge is -2.10. The largest absolute Gasteiger partial charge is 0.339 e. The number of aryl methyl sites for hydroxylation is 2. The second kappa shape index (κ2) is 8.35. The summed E-state index contributed by atoms with van der Waals surface area (Å²) in [4.78, 5) is -0.504. The monoisotopic (exact) mass is 456 g/mol. The van der Waals surface area contributed by atoms with Crippen LogP contribution in [0.15, 0.2) is 65.6 Å². The van der Waals surface area contributed by atoms with Crippen LogP contribution in [0.1, 0.15) is 11.4 Å². The molecule has 32 heavy (non-hydrogen) atoms. The first-order chi connectivity index (χ1) is 15.2. The number of anilines is 3. The fraction of sp³-hybridized carbons (Fsp3) is 0.0952. The van der Waals surface area contributed by atoms with E-state index in [9.17, 15) is 17.2 Å².